The molecular weight excluding hydrogens is 409 g/mol. The van der Waals surface area contributed by atoms with Crippen LogP contribution in [-0.4, -0.2) is 15.2 Å². The Kier molecular flexibility index (Phi) is 6.60. The normalized spacial score (nSPS) is 15.8. The monoisotopic (exact) mass is 415 g/mol. The first-order valence-corrected chi connectivity index (χ1v) is 22.5. The summed E-state index contributed by atoms with van der Waals surface area (Å²) in [7, 11) is 25.0. The van der Waals surface area contributed by atoms with Gasteiger partial charge in [0.05, 0.1) is 6.92 Å². The van der Waals surface area contributed by atoms with Crippen molar-refractivity contribution in [3.8, 4) is 6.07 Å². The molecule has 0 aliphatic carbocycles. The molecule has 0 atom stereocenters. The number of halogens is 6. The Hall–Kier alpha value is 2.05. The second-order valence-electron chi connectivity index (χ2n) is 2.40. The van der Waals surface area contributed by atoms with Crippen LogP contribution in [0.5, 0.6) is 0 Å². The van der Waals surface area contributed by atoms with E-state index in [1.165, 1.54) is 0 Å². The first-order chi connectivity index (χ1) is 5.22. The van der Waals surface area contributed by atoms with E-state index in [-0.39, 0.29) is 0 Å². The Morgan fingerprint density at radius 3 is 1.23 bits per heavy atom. The average Bonchev–Trinajstić information content (AvgIpc) is 1.53. The van der Waals surface area contributed by atoms with E-state index in [4.69, 9.17) is 53.0 Å². The molecule has 0 N–H and O–H groups in total. The first-order valence-electron chi connectivity index (χ1n) is 3.15. The topological polar surface area (TPSA) is 4.36 Å². The third kappa shape index (κ3) is 80.0. The van der Waals surface area contributed by atoms with Crippen LogP contribution in [0.25, 0.3) is 4.85 Å². The molecule has 8 heteroatoms. The van der Waals surface area contributed by atoms with E-state index in [0.717, 1.165) is 0 Å². The number of rotatable bonds is 0. The van der Waals surface area contributed by atoms with Gasteiger partial charge in [0.2, 0.25) is 0 Å². The summed E-state index contributed by atoms with van der Waals surface area (Å²) in [6, 6.07) is 3.10. The molecule has 0 unspecified atom stereocenters. The third-order valence-corrected chi connectivity index (χ3v) is 0.387. The minimum absolute atomic E-state index is 0.412. The van der Waals surface area contributed by atoms with E-state index in [9.17, 15) is 0 Å². The molecule has 0 fully saturated rings. The van der Waals surface area contributed by atoms with Gasteiger partial charge in [-0.1, -0.05) is 4.85 Å². The maximum atomic E-state index is 5.06. The summed E-state index contributed by atoms with van der Waals surface area (Å²) in [6.45, 7) is 5.85. The second-order valence-corrected chi connectivity index (χ2v) is 59.3. The van der Waals surface area contributed by atoms with Crippen molar-refractivity contribution in [2.75, 3.05) is 0 Å². The molecule has 0 spiro atoms. The van der Waals surface area contributed by atoms with Crippen LogP contribution in [-0.2, 0) is 0 Å². The van der Waals surface area contributed by atoms with Gasteiger partial charge in [-0.15, -0.1) is 0 Å². The van der Waals surface area contributed by atoms with Gasteiger partial charge in [0, 0.05) is 13.8 Å². The Bertz CT molecular complexity index is 203. The Labute approximate surface area is 98.5 Å². The van der Waals surface area contributed by atoms with Crippen molar-refractivity contribution in [1.29, 1.82) is 0 Å². The van der Waals surface area contributed by atoms with Gasteiger partial charge >= 0.3 is 62.1 Å². The molecule has 0 rings (SSSR count). The van der Waals surface area contributed by atoms with E-state index in [0.29, 0.717) is 6.04 Å². The van der Waals surface area contributed by atoms with Crippen molar-refractivity contribution in [2.24, 2.45) is 0 Å². The zero-order chi connectivity index (χ0) is 11.4. The standard InChI is InChI=1S/C5H10N.6ClH.Sb/c1-4-6-5(2)3;;;;;;;/h5H,1-3H3;6*1H;/q+1;;;;;;;+5/p-6. The van der Waals surface area contributed by atoms with Crippen molar-refractivity contribution in [3.05, 3.63) is 4.85 Å². The molecule has 0 saturated carbocycles. The molecule has 0 aromatic rings. The van der Waals surface area contributed by atoms with Crippen LogP contribution in [0.1, 0.15) is 20.8 Å². The van der Waals surface area contributed by atoms with E-state index in [1.54, 1.807) is 6.92 Å². The van der Waals surface area contributed by atoms with Gasteiger partial charge in [-0.05, 0) is 0 Å². The fraction of sp³-hybridized carbons (Fsp3) is 0.800. The van der Waals surface area contributed by atoms with Crippen molar-refractivity contribution < 1.29 is 0 Å². The molecular formula is C5H10Cl6NSb. The van der Waals surface area contributed by atoms with Crippen LogP contribution in [0, 0.1) is 6.07 Å². The third-order valence-electron chi connectivity index (χ3n) is 0.387. The average molecular weight is 419 g/mol. The van der Waals surface area contributed by atoms with Crippen molar-refractivity contribution in [2.45, 2.75) is 26.8 Å². The Morgan fingerprint density at radius 1 is 1.00 bits per heavy atom. The molecule has 0 saturated heterocycles. The number of hydrogen-bond acceptors (Lipinski definition) is 0. The van der Waals surface area contributed by atoms with E-state index < -0.39 is 9.14 Å². The van der Waals surface area contributed by atoms with Crippen LogP contribution < -0.4 is 0 Å². The summed E-state index contributed by atoms with van der Waals surface area (Å²) in [5.41, 5.74) is 0. The number of nitrogens with zero attached hydrogens (tertiary/aromatic N) is 1. The van der Waals surface area contributed by atoms with Crippen LogP contribution in [0.15, 0.2) is 0 Å². The van der Waals surface area contributed by atoms with Crippen molar-refractivity contribution in [3.63, 3.8) is 0 Å². The quantitative estimate of drug-likeness (QED) is 0.457. The van der Waals surface area contributed by atoms with Crippen LogP contribution in [0.2, 0.25) is 0 Å². The van der Waals surface area contributed by atoms with Gasteiger partial charge in [0.1, 0.15) is 0 Å². The van der Waals surface area contributed by atoms with Gasteiger partial charge in [-0.2, -0.15) is 0 Å². The van der Waals surface area contributed by atoms with Gasteiger partial charge in [-0.3, -0.25) is 0 Å². The molecule has 0 bridgehead atoms. The van der Waals surface area contributed by atoms with E-state index >= 15 is 0 Å². The van der Waals surface area contributed by atoms with Gasteiger partial charge in [0.25, 0.3) is 12.1 Å². The first kappa shape index (κ1) is 17.4. The van der Waals surface area contributed by atoms with Crippen LogP contribution in [0.4, 0.5) is 0 Å². The van der Waals surface area contributed by atoms with Gasteiger partial charge in [-0.25, -0.2) is 0 Å². The summed E-state index contributed by atoms with van der Waals surface area (Å²) in [5, 5.41) is 0. The Balaban J connectivity index is 0. The van der Waals surface area contributed by atoms with E-state index in [1.807, 2.05) is 13.8 Å². The van der Waals surface area contributed by atoms with Crippen LogP contribution >= 0.6 is 53.0 Å². The van der Waals surface area contributed by atoms with Crippen LogP contribution in [0.3, 0.4) is 0 Å². The minimum atomic E-state index is -5.42. The zero-order valence-corrected chi connectivity index (χ0v) is 14.3. The molecule has 0 aromatic carbocycles. The fourth-order valence-electron chi connectivity index (χ4n) is 0.258. The summed E-state index contributed by atoms with van der Waals surface area (Å²) in [5.74, 6) is 0. The predicted molar refractivity (Wildman–Crippen MR) is 68.9 cm³/mol. The summed E-state index contributed by atoms with van der Waals surface area (Å²) in [4.78, 5) is 3.88. The molecule has 0 heterocycles. The maximum absolute atomic E-state index is 5.42. The second kappa shape index (κ2) is 4.92. The summed E-state index contributed by atoms with van der Waals surface area (Å²) >= 11 is 0. The molecule has 82 valence electrons. The van der Waals surface area contributed by atoms with E-state index in [2.05, 4.69) is 10.9 Å². The van der Waals surface area contributed by atoms with Gasteiger partial charge in [0.15, 0.2) is 0 Å². The molecule has 0 aromatic heterocycles. The molecule has 0 radical (unpaired) electrons. The van der Waals surface area contributed by atoms with Crippen molar-refractivity contribution in [1.82, 2.24) is 0 Å². The zero-order valence-electron chi connectivity index (χ0n) is 7.24. The SMILES string of the molecule is CC#[N+]C(C)C.[Cl][Sb-]([Cl])([Cl])([Cl])([Cl])[Cl]. The molecule has 0 aliphatic heterocycles. The predicted octanol–water partition coefficient (Wildman–Crippen LogP) is 5.50. The molecule has 13 heavy (non-hydrogen) atoms. The summed E-state index contributed by atoms with van der Waals surface area (Å²) < 4.78 is 0. The fourth-order valence-corrected chi connectivity index (χ4v) is 0.258. The van der Waals surface area contributed by atoms with Gasteiger partial charge < -0.3 is 0 Å². The molecule has 0 aliphatic rings. The molecule has 0 amide bonds. The number of hydrogen-bond donors (Lipinski definition) is 0. The van der Waals surface area contributed by atoms with Crippen molar-refractivity contribution >= 4 is 62.1 Å². The summed E-state index contributed by atoms with van der Waals surface area (Å²) in [6.07, 6.45) is 0. The Morgan fingerprint density at radius 2 is 1.23 bits per heavy atom. The molecule has 1 nitrogen and oxygen atoms in total.